The maximum atomic E-state index is 9.08. The number of nitrogens with two attached hydrogens (primary N) is 1. The van der Waals surface area contributed by atoms with Crippen LogP contribution in [-0.4, -0.2) is 5.11 Å². The van der Waals surface area contributed by atoms with Gasteiger partial charge in [0.1, 0.15) is 5.69 Å². The highest BCUT2D eigenvalue weighted by molar-refractivity contribution is 5.66. The normalized spacial score (nSPS) is 10.9. The van der Waals surface area contributed by atoms with Crippen molar-refractivity contribution in [3.8, 4) is 0 Å². The molecule has 0 aliphatic heterocycles. The fourth-order valence-corrected chi connectivity index (χ4v) is 1.43. The average Bonchev–Trinajstić information content (AvgIpc) is 2.39. The summed E-state index contributed by atoms with van der Waals surface area (Å²) in [5.41, 5.74) is 8.31. The number of benzene rings is 2. The standard InChI is InChI=1S/C13H13N3O/c14-13-10(9-17)5-4-8-12(13)16-15-11-6-2-1-3-7-11/h1-8,17H,9,14H2. The maximum absolute atomic E-state index is 9.08. The van der Waals surface area contributed by atoms with Gasteiger partial charge in [-0.15, -0.1) is 5.11 Å². The highest BCUT2D eigenvalue weighted by Crippen LogP contribution is 2.27. The quantitative estimate of drug-likeness (QED) is 0.624. The largest absolute Gasteiger partial charge is 0.397 e. The first-order valence-corrected chi connectivity index (χ1v) is 5.26. The van der Waals surface area contributed by atoms with Gasteiger partial charge in [0.15, 0.2) is 0 Å². The molecule has 0 aliphatic rings. The first-order valence-electron chi connectivity index (χ1n) is 5.26. The highest BCUT2D eigenvalue weighted by Gasteiger charge is 2.02. The van der Waals surface area contributed by atoms with Gasteiger partial charge in [0.2, 0.25) is 0 Å². The van der Waals surface area contributed by atoms with Gasteiger partial charge in [-0.2, -0.15) is 5.11 Å². The van der Waals surface area contributed by atoms with E-state index in [4.69, 9.17) is 10.8 Å². The lowest BCUT2D eigenvalue weighted by Gasteiger charge is -2.03. The molecule has 0 spiro atoms. The lowest BCUT2D eigenvalue weighted by atomic mass is 10.1. The first-order chi connectivity index (χ1) is 8.31. The van der Waals surface area contributed by atoms with Gasteiger partial charge in [-0.05, 0) is 18.2 Å². The van der Waals surface area contributed by atoms with Gasteiger partial charge in [0, 0.05) is 5.56 Å². The molecule has 0 unspecified atom stereocenters. The molecule has 3 N–H and O–H groups in total. The van der Waals surface area contributed by atoms with E-state index in [1.54, 1.807) is 18.2 Å². The molecule has 0 heterocycles. The van der Waals surface area contributed by atoms with Gasteiger partial charge in [-0.25, -0.2) is 0 Å². The second-order valence-corrected chi connectivity index (χ2v) is 3.54. The molecule has 0 fully saturated rings. The molecule has 2 aromatic rings. The van der Waals surface area contributed by atoms with E-state index in [2.05, 4.69) is 10.2 Å². The highest BCUT2D eigenvalue weighted by atomic mass is 16.3. The van der Waals surface area contributed by atoms with Crippen molar-refractivity contribution in [3.05, 3.63) is 54.1 Å². The third-order valence-electron chi connectivity index (χ3n) is 2.37. The van der Waals surface area contributed by atoms with E-state index in [0.29, 0.717) is 16.9 Å². The Hall–Kier alpha value is -2.20. The fourth-order valence-electron chi connectivity index (χ4n) is 1.43. The summed E-state index contributed by atoms with van der Waals surface area (Å²) < 4.78 is 0. The summed E-state index contributed by atoms with van der Waals surface area (Å²) in [7, 11) is 0. The van der Waals surface area contributed by atoms with E-state index < -0.39 is 0 Å². The molecule has 2 rings (SSSR count). The van der Waals surface area contributed by atoms with Crippen LogP contribution in [0.3, 0.4) is 0 Å². The second kappa shape index (κ2) is 5.23. The Morgan fingerprint density at radius 3 is 2.41 bits per heavy atom. The van der Waals surface area contributed by atoms with Crippen LogP contribution in [0.4, 0.5) is 17.1 Å². The van der Waals surface area contributed by atoms with Gasteiger partial charge in [0.05, 0.1) is 18.0 Å². The smallest absolute Gasteiger partial charge is 0.109 e. The molecule has 0 bridgehead atoms. The Labute approximate surface area is 99.4 Å². The number of anilines is 1. The van der Waals surface area contributed by atoms with Crippen molar-refractivity contribution in [1.82, 2.24) is 0 Å². The van der Waals surface area contributed by atoms with Crippen molar-refractivity contribution in [1.29, 1.82) is 0 Å². The number of aliphatic hydroxyl groups excluding tert-OH is 1. The van der Waals surface area contributed by atoms with Gasteiger partial charge >= 0.3 is 0 Å². The minimum Gasteiger partial charge on any atom is -0.397 e. The Balaban J connectivity index is 2.28. The number of aliphatic hydroxyl groups is 1. The summed E-state index contributed by atoms with van der Waals surface area (Å²) in [6, 6.07) is 14.7. The minimum atomic E-state index is -0.0967. The van der Waals surface area contributed by atoms with E-state index in [-0.39, 0.29) is 6.61 Å². The Morgan fingerprint density at radius 2 is 1.71 bits per heavy atom. The monoisotopic (exact) mass is 227 g/mol. The number of nitrogens with zero attached hydrogens (tertiary/aromatic N) is 2. The summed E-state index contributed by atoms with van der Waals surface area (Å²) >= 11 is 0. The van der Waals surface area contributed by atoms with E-state index in [1.165, 1.54) is 0 Å². The number of rotatable bonds is 3. The summed E-state index contributed by atoms with van der Waals surface area (Å²) in [5, 5.41) is 17.2. The van der Waals surface area contributed by atoms with Crippen LogP contribution in [-0.2, 0) is 6.61 Å². The van der Waals surface area contributed by atoms with Crippen LogP contribution in [0, 0.1) is 0 Å². The zero-order chi connectivity index (χ0) is 12.1. The third kappa shape index (κ3) is 2.68. The van der Waals surface area contributed by atoms with Crippen LogP contribution in [0.5, 0.6) is 0 Å². The van der Waals surface area contributed by atoms with Crippen LogP contribution in [0.1, 0.15) is 5.56 Å². The fraction of sp³-hybridized carbons (Fsp3) is 0.0769. The molecule has 0 aliphatic carbocycles. The summed E-state index contributed by atoms with van der Waals surface area (Å²) in [5.74, 6) is 0. The van der Waals surface area contributed by atoms with Crippen LogP contribution < -0.4 is 5.73 Å². The molecule has 2 aromatic carbocycles. The Morgan fingerprint density at radius 1 is 0.941 bits per heavy atom. The summed E-state index contributed by atoms with van der Waals surface area (Å²) in [4.78, 5) is 0. The molecule has 0 amide bonds. The van der Waals surface area contributed by atoms with Crippen LogP contribution in [0.25, 0.3) is 0 Å². The zero-order valence-electron chi connectivity index (χ0n) is 9.24. The molecule has 0 radical (unpaired) electrons. The number of nitrogen functional groups attached to an aromatic ring is 1. The van der Waals surface area contributed by atoms with Crippen molar-refractivity contribution >= 4 is 17.1 Å². The van der Waals surface area contributed by atoms with E-state index in [0.717, 1.165) is 5.69 Å². The molecule has 0 saturated carbocycles. The number of azo groups is 1. The molecule has 86 valence electrons. The van der Waals surface area contributed by atoms with Crippen LogP contribution in [0.2, 0.25) is 0 Å². The molecule has 0 atom stereocenters. The van der Waals surface area contributed by atoms with E-state index in [1.807, 2.05) is 30.3 Å². The van der Waals surface area contributed by atoms with E-state index >= 15 is 0 Å². The topological polar surface area (TPSA) is 71.0 Å². The molecule has 0 aromatic heterocycles. The van der Waals surface area contributed by atoms with Gasteiger partial charge in [-0.3, -0.25) is 0 Å². The third-order valence-corrected chi connectivity index (χ3v) is 2.37. The van der Waals surface area contributed by atoms with Crippen molar-refractivity contribution in [2.45, 2.75) is 6.61 Å². The average molecular weight is 227 g/mol. The van der Waals surface area contributed by atoms with Crippen LogP contribution >= 0.6 is 0 Å². The molecular formula is C13H13N3O. The molecule has 0 saturated heterocycles. The van der Waals surface area contributed by atoms with E-state index in [9.17, 15) is 0 Å². The Kier molecular flexibility index (Phi) is 3.47. The van der Waals surface area contributed by atoms with Crippen molar-refractivity contribution < 1.29 is 5.11 Å². The predicted molar refractivity (Wildman–Crippen MR) is 67.4 cm³/mol. The minimum absolute atomic E-state index is 0.0967. The SMILES string of the molecule is Nc1c(CO)cccc1N=Nc1ccccc1. The maximum Gasteiger partial charge on any atom is 0.109 e. The van der Waals surface area contributed by atoms with Crippen LogP contribution in [0.15, 0.2) is 58.8 Å². The second-order valence-electron chi connectivity index (χ2n) is 3.54. The molecule has 4 nitrogen and oxygen atoms in total. The van der Waals surface area contributed by atoms with Crippen molar-refractivity contribution in [3.63, 3.8) is 0 Å². The number of hydrogen-bond donors (Lipinski definition) is 2. The van der Waals surface area contributed by atoms with Gasteiger partial charge in [-0.1, -0.05) is 30.3 Å². The predicted octanol–water partition coefficient (Wildman–Crippen LogP) is 3.18. The number of hydrogen-bond acceptors (Lipinski definition) is 4. The van der Waals surface area contributed by atoms with Gasteiger partial charge < -0.3 is 10.8 Å². The van der Waals surface area contributed by atoms with Crippen molar-refractivity contribution in [2.24, 2.45) is 10.2 Å². The number of para-hydroxylation sites is 1. The molecule has 17 heavy (non-hydrogen) atoms. The zero-order valence-corrected chi connectivity index (χ0v) is 9.24. The summed E-state index contributed by atoms with van der Waals surface area (Å²) in [6.45, 7) is -0.0967. The lowest BCUT2D eigenvalue weighted by Crippen LogP contribution is -1.93. The Bertz CT molecular complexity index is 523. The van der Waals surface area contributed by atoms with Crippen molar-refractivity contribution in [2.75, 3.05) is 5.73 Å². The first kappa shape index (κ1) is 11.3. The molecular weight excluding hydrogens is 214 g/mol. The van der Waals surface area contributed by atoms with Gasteiger partial charge in [0.25, 0.3) is 0 Å². The summed E-state index contributed by atoms with van der Waals surface area (Å²) in [6.07, 6.45) is 0. The lowest BCUT2D eigenvalue weighted by molar-refractivity contribution is 0.282. The molecule has 4 heteroatoms.